The van der Waals surface area contributed by atoms with Gasteiger partial charge in [0, 0.05) is 13.0 Å². The number of hydrogen-bond acceptors (Lipinski definition) is 2. The molecule has 0 spiro atoms. The molecule has 0 unspecified atom stereocenters. The van der Waals surface area contributed by atoms with Crippen LogP contribution in [0.1, 0.15) is 6.42 Å². The third-order valence-corrected chi connectivity index (χ3v) is 1.72. The van der Waals surface area contributed by atoms with Crippen LogP contribution in [0, 0.1) is 0 Å². The van der Waals surface area contributed by atoms with Crippen molar-refractivity contribution < 1.29 is 9.59 Å². The van der Waals surface area contributed by atoms with Crippen LogP contribution >= 0.6 is 11.6 Å². The van der Waals surface area contributed by atoms with Gasteiger partial charge in [0.05, 0.1) is 6.54 Å². The fourth-order valence-corrected chi connectivity index (χ4v) is 1.10. The summed E-state index contributed by atoms with van der Waals surface area (Å²) in [6.07, 6.45) is 0.489. The minimum atomic E-state index is -0.146. The first-order valence-electron chi connectivity index (χ1n) is 3.09. The Morgan fingerprint density at radius 2 is 2.40 bits per heavy atom. The van der Waals surface area contributed by atoms with E-state index in [2.05, 4.69) is 0 Å². The molecule has 0 bridgehead atoms. The maximum absolute atomic E-state index is 10.8. The first-order valence-corrected chi connectivity index (χ1v) is 3.63. The molecule has 1 rings (SSSR count). The molecule has 1 fully saturated rings. The Kier molecular flexibility index (Phi) is 2.27. The molecule has 10 heavy (non-hydrogen) atoms. The lowest BCUT2D eigenvalue weighted by Gasteiger charge is -2.10. The van der Waals surface area contributed by atoms with E-state index in [1.165, 1.54) is 4.90 Å². The first-order chi connectivity index (χ1) is 4.74. The zero-order valence-corrected chi connectivity index (χ0v) is 6.23. The van der Waals surface area contributed by atoms with Gasteiger partial charge in [-0.2, -0.15) is 0 Å². The van der Waals surface area contributed by atoms with E-state index in [1.807, 2.05) is 0 Å². The summed E-state index contributed by atoms with van der Waals surface area (Å²) in [5.41, 5.74) is 0. The van der Waals surface area contributed by atoms with Gasteiger partial charge < -0.3 is 4.90 Å². The molecule has 4 heteroatoms. The molecule has 1 aliphatic rings. The second-order valence-electron chi connectivity index (χ2n) is 2.24. The van der Waals surface area contributed by atoms with E-state index in [0.717, 1.165) is 0 Å². The highest BCUT2D eigenvalue weighted by Gasteiger charge is 2.22. The van der Waals surface area contributed by atoms with E-state index in [1.54, 1.807) is 0 Å². The van der Waals surface area contributed by atoms with E-state index in [0.29, 0.717) is 13.0 Å². The number of halogens is 1. The molecule has 0 saturated carbocycles. The molecule has 0 aromatic rings. The van der Waals surface area contributed by atoms with Crippen LogP contribution in [0.4, 0.5) is 0 Å². The number of ketones is 1. The lowest BCUT2D eigenvalue weighted by molar-refractivity contribution is -0.129. The first kappa shape index (κ1) is 7.54. The van der Waals surface area contributed by atoms with E-state index < -0.39 is 0 Å². The predicted molar refractivity (Wildman–Crippen MR) is 36.9 cm³/mol. The van der Waals surface area contributed by atoms with Crippen LogP contribution in [0.3, 0.4) is 0 Å². The van der Waals surface area contributed by atoms with Crippen molar-refractivity contribution in [2.75, 3.05) is 19.0 Å². The van der Waals surface area contributed by atoms with Crippen LogP contribution in [0.25, 0.3) is 0 Å². The molecular formula is C6H8ClNO2. The van der Waals surface area contributed by atoms with Gasteiger partial charge in [-0.3, -0.25) is 9.59 Å². The van der Waals surface area contributed by atoms with Gasteiger partial charge >= 0.3 is 0 Å². The van der Waals surface area contributed by atoms with Gasteiger partial charge in [0.1, 0.15) is 5.88 Å². The molecule has 1 saturated heterocycles. The molecule has 3 nitrogen and oxygen atoms in total. The third-order valence-electron chi connectivity index (χ3n) is 1.49. The summed E-state index contributed by atoms with van der Waals surface area (Å²) in [7, 11) is 0. The molecule has 1 aliphatic heterocycles. The molecule has 0 aromatic heterocycles. The molecule has 0 atom stereocenters. The summed E-state index contributed by atoms with van der Waals surface area (Å²) in [4.78, 5) is 22.9. The highest BCUT2D eigenvalue weighted by Crippen LogP contribution is 2.04. The second kappa shape index (κ2) is 3.01. The highest BCUT2D eigenvalue weighted by atomic mass is 35.5. The van der Waals surface area contributed by atoms with E-state index in [9.17, 15) is 9.59 Å². The normalized spacial score (nSPS) is 18.1. The monoisotopic (exact) mass is 161 g/mol. The maximum Gasteiger partial charge on any atom is 0.237 e. The number of hydrogen-bond donors (Lipinski definition) is 0. The highest BCUT2D eigenvalue weighted by molar-refractivity contribution is 6.27. The maximum atomic E-state index is 10.8. The zero-order chi connectivity index (χ0) is 7.56. The lowest BCUT2D eigenvalue weighted by Crippen LogP contribution is -2.29. The average molecular weight is 162 g/mol. The van der Waals surface area contributed by atoms with Crippen molar-refractivity contribution in [3.05, 3.63) is 0 Å². The van der Waals surface area contributed by atoms with Gasteiger partial charge in [0.2, 0.25) is 5.91 Å². The second-order valence-corrected chi connectivity index (χ2v) is 2.50. The summed E-state index contributed by atoms with van der Waals surface area (Å²) in [5, 5.41) is 0. The van der Waals surface area contributed by atoms with Crippen molar-refractivity contribution in [3.8, 4) is 0 Å². The van der Waals surface area contributed by atoms with Crippen molar-refractivity contribution in [2.45, 2.75) is 6.42 Å². The minimum Gasteiger partial charge on any atom is -0.334 e. The molecule has 0 aromatic carbocycles. The average Bonchev–Trinajstić information content (AvgIpc) is 2.34. The molecule has 0 aliphatic carbocycles. The van der Waals surface area contributed by atoms with Crippen LogP contribution in [-0.2, 0) is 9.59 Å². The van der Waals surface area contributed by atoms with Gasteiger partial charge in [-0.15, -0.1) is 11.6 Å². The summed E-state index contributed by atoms with van der Waals surface area (Å²) < 4.78 is 0. The molecule has 0 N–H and O–H groups in total. The molecule has 0 radical (unpaired) electrons. The summed E-state index contributed by atoms with van der Waals surface area (Å²) in [5.74, 6) is -0.0428. The number of amides is 1. The van der Waals surface area contributed by atoms with E-state index in [4.69, 9.17) is 11.6 Å². The number of carbonyl (C=O) groups excluding carboxylic acids is 2. The Hall–Kier alpha value is -0.570. The molecular weight excluding hydrogens is 154 g/mol. The van der Waals surface area contributed by atoms with Crippen LogP contribution in [0.2, 0.25) is 0 Å². The van der Waals surface area contributed by atoms with Gasteiger partial charge in [-0.05, 0) is 0 Å². The quantitative estimate of drug-likeness (QED) is 0.509. The van der Waals surface area contributed by atoms with Crippen LogP contribution in [0.15, 0.2) is 0 Å². The Bertz CT molecular complexity index is 169. The lowest BCUT2D eigenvalue weighted by atomic mass is 10.4. The molecule has 1 amide bonds. The fourth-order valence-electron chi connectivity index (χ4n) is 0.928. The largest absolute Gasteiger partial charge is 0.334 e. The van der Waals surface area contributed by atoms with Gasteiger partial charge in [-0.1, -0.05) is 0 Å². The van der Waals surface area contributed by atoms with E-state index >= 15 is 0 Å². The van der Waals surface area contributed by atoms with Crippen molar-refractivity contribution in [2.24, 2.45) is 0 Å². The SMILES string of the molecule is O=C1CCN(C(=O)CCl)C1. The summed E-state index contributed by atoms with van der Waals surface area (Å²) >= 11 is 5.28. The number of Topliss-reactive ketones (excluding diaryl/α,β-unsaturated/α-hetero) is 1. The third kappa shape index (κ3) is 1.48. The number of carbonyl (C=O) groups is 2. The number of nitrogens with zero attached hydrogens (tertiary/aromatic N) is 1. The number of alkyl halides is 1. The Morgan fingerprint density at radius 3 is 2.80 bits per heavy atom. The van der Waals surface area contributed by atoms with Crippen LogP contribution in [-0.4, -0.2) is 35.6 Å². The Labute approximate surface area is 63.9 Å². The minimum absolute atomic E-state index is 0.0206. The van der Waals surface area contributed by atoms with Crippen LogP contribution < -0.4 is 0 Å². The van der Waals surface area contributed by atoms with Gasteiger partial charge in [0.25, 0.3) is 0 Å². The van der Waals surface area contributed by atoms with Crippen molar-refractivity contribution >= 4 is 23.3 Å². The number of likely N-dealkylation sites (tertiary alicyclic amines) is 1. The Balaban J connectivity index is 2.44. The fraction of sp³-hybridized carbons (Fsp3) is 0.667. The summed E-state index contributed by atoms with van der Waals surface area (Å²) in [6.45, 7) is 0.802. The van der Waals surface area contributed by atoms with Crippen molar-refractivity contribution in [1.29, 1.82) is 0 Å². The molecule has 1 heterocycles. The van der Waals surface area contributed by atoms with Crippen molar-refractivity contribution in [1.82, 2.24) is 4.90 Å². The Morgan fingerprint density at radius 1 is 1.70 bits per heavy atom. The standard InChI is InChI=1S/C6H8ClNO2/c7-3-6(10)8-2-1-5(9)4-8/h1-4H2. The smallest absolute Gasteiger partial charge is 0.237 e. The van der Waals surface area contributed by atoms with Crippen molar-refractivity contribution in [3.63, 3.8) is 0 Å². The van der Waals surface area contributed by atoms with Crippen LogP contribution in [0.5, 0.6) is 0 Å². The van der Waals surface area contributed by atoms with Gasteiger partial charge in [0.15, 0.2) is 5.78 Å². The summed E-state index contributed by atoms with van der Waals surface area (Å²) in [6, 6.07) is 0. The van der Waals surface area contributed by atoms with Gasteiger partial charge in [-0.25, -0.2) is 0 Å². The predicted octanol–water partition coefficient (Wildman–Crippen LogP) is 0.0266. The number of rotatable bonds is 1. The molecule has 56 valence electrons. The topological polar surface area (TPSA) is 37.4 Å². The van der Waals surface area contributed by atoms with E-state index in [-0.39, 0.29) is 24.1 Å². The zero-order valence-electron chi connectivity index (χ0n) is 5.47.